The first-order valence-corrected chi connectivity index (χ1v) is 6.35. The van der Waals surface area contributed by atoms with Gasteiger partial charge >= 0.3 is 0 Å². The van der Waals surface area contributed by atoms with Gasteiger partial charge in [0.25, 0.3) is 0 Å². The van der Waals surface area contributed by atoms with Crippen molar-refractivity contribution in [3.63, 3.8) is 0 Å². The van der Waals surface area contributed by atoms with E-state index >= 15 is 0 Å². The first-order chi connectivity index (χ1) is 7.65. The molecule has 16 heavy (non-hydrogen) atoms. The molecule has 2 aromatic heterocycles. The summed E-state index contributed by atoms with van der Waals surface area (Å²) in [5, 5.41) is 2.50. The molecule has 0 aliphatic rings. The van der Waals surface area contributed by atoms with E-state index in [-0.39, 0.29) is 0 Å². The highest BCUT2D eigenvalue weighted by atomic mass is 32.1. The monoisotopic (exact) mass is 230 g/mol. The van der Waals surface area contributed by atoms with Crippen molar-refractivity contribution in [3.05, 3.63) is 28.9 Å². The number of nitrogens with zero attached hydrogens (tertiary/aromatic N) is 1. The zero-order valence-electron chi connectivity index (χ0n) is 9.66. The average Bonchev–Trinajstić information content (AvgIpc) is 2.77. The van der Waals surface area contributed by atoms with Crippen molar-refractivity contribution in [1.29, 1.82) is 0 Å². The highest BCUT2D eigenvalue weighted by Gasteiger charge is 2.10. The number of fused-ring (bicyclic) bond motifs is 3. The van der Waals surface area contributed by atoms with Crippen LogP contribution in [0, 0.1) is 6.92 Å². The number of H-pyrrole nitrogens is 1. The summed E-state index contributed by atoms with van der Waals surface area (Å²) in [5.41, 5.74) is 3.56. The van der Waals surface area contributed by atoms with E-state index in [0.29, 0.717) is 5.92 Å². The average molecular weight is 230 g/mol. The summed E-state index contributed by atoms with van der Waals surface area (Å²) in [4.78, 5) is 8.09. The summed E-state index contributed by atoms with van der Waals surface area (Å²) in [6.07, 6.45) is 0. The molecule has 0 radical (unpaired) electrons. The fraction of sp³-hybridized carbons (Fsp3) is 0.308. The van der Waals surface area contributed by atoms with Crippen molar-refractivity contribution in [2.24, 2.45) is 0 Å². The Bertz CT molecular complexity index is 661. The van der Waals surface area contributed by atoms with E-state index in [4.69, 9.17) is 0 Å². The van der Waals surface area contributed by atoms with Crippen molar-refractivity contribution in [2.75, 3.05) is 0 Å². The van der Waals surface area contributed by atoms with Gasteiger partial charge in [0, 0.05) is 17.0 Å². The molecule has 3 heteroatoms. The lowest BCUT2D eigenvalue weighted by molar-refractivity contribution is 0.857. The lowest BCUT2D eigenvalue weighted by Gasteiger charge is -1.94. The van der Waals surface area contributed by atoms with Crippen LogP contribution in [-0.2, 0) is 0 Å². The van der Waals surface area contributed by atoms with Gasteiger partial charge in [-0.05, 0) is 19.1 Å². The predicted octanol–water partition coefficient (Wildman–Crippen LogP) is 4.21. The second-order valence-corrected chi connectivity index (χ2v) is 5.57. The maximum atomic E-state index is 4.67. The number of hydrogen-bond acceptors (Lipinski definition) is 2. The lowest BCUT2D eigenvalue weighted by Crippen LogP contribution is -1.82. The minimum absolute atomic E-state index is 0.503. The third-order valence-electron chi connectivity index (χ3n) is 2.79. The fourth-order valence-electron chi connectivity index (χ4n) is 1.99. The molecular weight excluding hydrogens is 216 g/mol. The zero-order chi connectivity index (χ0) is 11.3. The molecule has 0 aliphatic heterocycles. The van der Waals surface area contributed by atoms with Gasteiger partial charge in [0.15, 0.2) is 0 Å². The molecule has 0 spiro atoms. The number of rotatable bonds is 1. The van der Waals surface area contributed by atoms with Gasteiger partial charge in [-0.25, -0.2) is 4.98 Å². The number of nitrogens with one attached hydrogen (secondary N) is 1. The van der Waals surface area contributed by atoms with Gasteiger partial charge < -0.3 is 4.98 Å². The van der Waals surface area contributed by atoms with Crippen molar-refractivity contribution >= 4 is 32.5 Å². The molecular formula is C13H14N2S. The summed E-state index contributed by atoms with van der Waals surface area (Å²) in [7, 11) is 0. The van der Waals surface area contributed by atoms with Crippen LogP contribution in [-0.4, -0.2) is 9.97 Å². The van der Waals surface area contributed by atoms with Gasteiger partial charge in [0.1, 0.15) is 0 Å². The molecule has 0 saturated carbocycles. The Labute approximate surface area is 98.3 Å². The summed E-state index contributed by atoms with van der Waals surface area (Å²) in [5.74, 6) is 0.503. The molecule has 3 rings (SSSR count). The van der Waals surface area contributed by atoms with Crippen molar-refractivity contribution in [2.45, 2.75) is 26.7 Å². The molecule has 3 aromatic rings. The fourth-order valence-corrected chi connectivity index (χ4v) is 3.07. The summed E-state index contributed by atoms with van der Waals surface area (Å²) >= 11 is 1.81. The van der Waals surface area contributed by atoms with Crippen LogP contribution < -0.4 is 0 Å². The van der Waals surface area contributed by atoms with Crippen molar-refractivity contribution < 1.29 is 0 Å². The van der Waals surface area contributed by atoms with Crippen LogP contribution in [0.5, 0.6) is 0 Å². The van der Waals surface area contributed by atoms with E-state index < -0.39 is 0 Å². The maximum Gasteiger partial charge on any atom is 0.0964 e. The topological polar surface area (TPSA) is 28.7 Å². The highest BCUT2D eigenvalue weighted by molar-refractivity contribution is 7.19. The normalized spacial score (nSPS) is 12.0. The SMILES string of the molecule is Cc1cc2ccc3nc(C(C)C)sc3c2[nH]1. The van der Waals surface area contributed by atoms with E-state index in [9.17, 15) is 0 Å². The minimum atomic E-state index is 0.503. The van der Waals surface area contributed by atoms with Crippen molar-refractivity contribution in [3.8, 4) is 0 Å². The lowest BCUT2D eigenvalue weighted by atomic mass is 10.2. The smallest absolute Gasteiger partial charge is 0.0964 e. The highest BCUT2D eigenvalue weighted by Crippen LogP contribution is 2.32. The Morgan fingerprint density at radius 2 is 2.12 bits per heavy atom. The van der Waals surface area contributed by atoms with Crippen LogP contribution >= 0.6 is 11.3 Å². The number of aryl methyl sites for hydroxylation is 1. The number of benzene rings is 1. The predicted molar refractivity (Wildman–Crippen MR) is 70.3 cm³/mol. The molecule has 2 heterocycles. The second-order valence-electron chi connectivity index (χ2n) is 4.54. The Hall–Kier alpha value is -1.35. The Morgan fingerprint density at radius 3 is 2.88 bits per heavy atom. The summed E-state index contributed by atoms with van der Waals surface area (Å²) < 4.78 is 1.29. The van der Waals surface area contributed by atoms with Gasteiger partial charge in [0.05, 0.1) is 20.7 Å². The van der Waals surface area contributed by atoms with Crippen LogP contribution in [0.25, 0.3) is 21.1 Å². The van der Waals surface area contributed by atoms with E-state index in [1.54, 1.807) is 11.3 Å². The summed E-state index contributed by atoms with van der Waals surface area (Å²) in [6.45, 7) is 6.47. The van der Waals surface area contributed by atoms with E-state index in [0.717, 1.165) is 5.52 Å². The Morgan fingerprint density at radius 1 is 1.31 bits per heavy atom. The Kier molecular flexibility index (Phi) is 2.04. The molecule has 1 aromatic carbocycles. The van der Waals surface area contributed by atoms with Gasteiger partial charge in [-0.3, -0.25) is 0 Å². The van der Waals surface area contributed by atoms with E-state index in [1.807, 2.05) is 0 Å². The molecule has 1 N–H and O–H groups in total. The zero-order valence-corrected chi connectivity index (χ0v) is 10.5. The maximum absolute atomic E-state index is 4.67. The van der Waals surface area contributed by atoms with Gasteiger partial charge in [-0.2, -0.15) is 0 Å². The third kappa shape index (κ3) is 1.35. The van der Waals surface area contributed by atoms with Gasteiger partial charge in [0.2, 0.25) is 0 Å². The molecule has 0 bridgehead atoms. The van der Waals surface area contributed by atoms with Crippen LogP contribution in [0.1, 0.15) is 30.5 Å². The van der Waals surface area contributed by atoms with Gasteiger partial charge in [-0.1, -0.05) is 19.9 Å². The Balaban J connectivity index is 2.40. The summed E-state index contributed by atoms with van der Waals surface area (Å²) in [6, 6.07) is 6.45. The molecule has 0 amide bonds. The molecule has 0 atom stereocenters. The standard InChI is InChI=1S/C13H14N2S/c1-7(2)13-15-10-5-4-9-6-8(3)14-11(9)12(10)16-13/h4-7,14H,1-3H3. The second kappa shape index (κ2) is 3.32. The molecule has 0 unspecified atom stereocenters. The first kappa shape index (κ1) is 9.85. The first-order valence-electron chi connectivity index (χ1n) is 5.54. The van der Waals surface area contributed by atoms with Crippen LogP contribution in [0.15, 0.2) is 18.2 Å². The molecule has 2 nitrogen and oxygen atoms in total. The minimum Gasteiger partial charge on any atom is -0.357 e. The van der Waals surface area contributed by atoms with Crippen LogP contribution in [0.3, 0.4) is 0 Å². The molecule has 0 saturated heterocycles. The number of aromatic amines is 1. The van der Waals surface area contributed by atoms with Crippen molar-refractivity contribution in [1.82, 2.24) is 9.97 Å². The number of aromatic nitrogens is 2. The molecule has 0 aliphatic carbocycles. The largest absolute Gasteiger partial charge is 0.357 e. The number of thiazole rings is 1. The molecule has 0 fully saturated rings. The molecule has 82 valence electrons. The van der Waals surface area contributed by atoms with E-state index in [1.165, 1.54) is 26.3 Å². The van der Waals surface area contributed by atoms with Gasteiger partial charge in [-0.15, -0.1) is 11.3 Å². The quantitative estimate of drug-likeness (QED) is 0.666. The van der Waals surface area contributed by atoms with Crippen LogP contribution in [0.4, 0.5) is 0 Å². The third-order valence-corrected chi connectivity index (χ3v) is 4.18. The van der Waals surface area contributed by atoms with E-state index in [2.05, 4.69) is 48.9 Å². The van der Waals surface area contributed by atoms with Crippen LogP contribution in [0.2, 0.25) is 0 Å². The number of hydrogen-bond donors (Lipinski definition) is 1.